The highest BCUT2D eigenvalue weighted by atomic mass is 16.5. The molecule has 1 aromatic rings. The summed E-state index contributed by atoms with van der Waals surface area (Å²) < 4.78 is 5.49. The van der Waals surface area contributed by atoms with Crippen molar-refractivity contribution in [2.75, 3.05) is 13.7 Å². The van der Waals surface area contributed by atoms with Crippen molar-refractivity contribution in [1.29, 1.82) is 0 Å². The van der Waals surface area contributed by atoms with Crippen molar-refractivity contribution in [3.8, 4) is 5.75 Å². The van der Waals surface area contributed by atoms with Crippen LogP contribution in [-0.2, 0) is 11.3 Å². The van der Waals surface area contributed by atoms with Crippen LogP contribution in [0, 0.1) is 0 Å². The van der Waals surface area contributed by atoms with Crippen LogP contribution >= 0.6 is 0 Å². The molecule has 2 atom stereocenters. The Hall–Kier alpha value is -1.81. The number of quaternary nitrogens is 1. The molecule has 1 aliphatic rings. The maximum absolute atomic E-state index is 12.3. The quantitative estimate of drug-likeness (QED) is 0.717. The smallest absolute Gasteiger partial charge is 0.278 e. The molecule has 2 N–H and O–H groups in total. The lowest BCUT2D eigenvalue weighted by atomic mass is 10.1. The molecule has 4 heteroatoms. The second kappa shape index (κ2) is 8.73. The van der Waals surface area contributed by atoms with Gasteiger partial charge in [-0.15, -0.1) is 0 Å². The summed E-state index contributed by atoms with van der Waals surface area (Å²) in [6.45, 7) is 6.98. The summed E-state index contributed by atoms with van der Waals surface area (Å²) in [5.74, 6) is 1.01. The van der Waals surface area contributed by atoms with Crippen LogP contribution in [0.4, 0.5) is 0 Å². The van der Waals surface area contributed by atoms with E-state index in [1.54, 1.807) is 6.08 Å². The summed E-state index contributed by atoms with van der Waals surface area (Å²) in [4.78, 5) is 13.5. The van der Waals surface area contributed by atoms with E-state index >= 15 is 0 Å². The molecule has 0 saturated heterocycles. The van der Waals surface area contributed by atoms with Crippen molar-refractivity contribution >= 4 is 5.91 Å². The molecule has 23 heavy (non-hydrogen) atoms. The first-order valence-corrected chi connectivity index (χ1v) is 8.55. The zero-order chi connectivity index (χ0) is 16.7. The predicted molar refractivity (Wildman–Crippen MR) is 92.6 cm³/mol. The first kappa shape index (κ1) is 17.5. The molecular formula is C19H29N2O2+. The molecule has 0 aliphatic heterocycles. The summed E-state index contributed by atoms with van der Waals surface area (Å²) in [5.41, 5.74) is 1.20. The highest BCUT2D eigenvalue weighted by molar-refractivity contribution is 5.80. The van der Waals surface area contributed by atoms with Crippen molar-refractivity contribution < 1.29 is 14.4 Å². The lowest BCUT2D eigenvalue weighted by Crippen LogP contribution is -3.12. The summed E-state index contributed by atoms with van der Waals surface area (Å²) in [7, 11) is 2.07. The third-order valence-electron chi connectivity index (χ3n) is 4.61. The minimum atomic E-state index is -0.0488. The molecule has 1 amide bonds. The second-order valence-corrected chi connectivity index (χ2v) is 6.48. The summed E-state index contributed by atoms with van der Waals surface area (Å²) in [6.07, 6.45) is 6.47. The van der Waals surface area contributed by atoms with E-state index in [2.05, 4.69) is 31.1 Å². The Balaban J connectivity index is 1.83. The molecule has 1 saturated carbocycles. The molecule has 1 unspecified atom stereocenters. The molecule has 0 heterocycles. The van der Waals surface area contributed by atoms with Gasteiger partial charge in [-0.3, -0.25) is 4.79 Å². The maximum atomic E-state index is 12.3. The van der Waals surface area contributed by atoms with E-state index < -0.39 is 0 Å². The molecule has 1 aromatic carbocycles. The fourth-order valence-electron chi connectivity index (χ4n) is 2.95. The summed E-state index contributed by atoms with van der Waals surface area (Å²) in [5, 5.41) is 3.19. The minimum Gasteiger partial charge on any atom is -0.490 e. The van der Waals surface area contributed by atoms with Crippen molar-refractivity contribution in [2.24, 2.45) is 0 Å². The van der Waals surface area contributed by atoms with E-state index in [4.69, 9.17) is 4.74 Å². The average molecular weight is 317 g/mol. The molecule has 0 spiro atoms. The average Bonchev–Trinajstić information content (AvgIpc) is 3.06. The standard InChI is InChI=1S/C19H28N2O2/c1-4-13-23-18-11-9-16(10-12-18)14-21(3)15(2)19(22)20-17-7-5-6-8-17/h4,9-12,15,17H,1,5-8,13-14H2,2-3H3,(H,20,22)/p+1/t15-/m1/s1. The first-order chi connectivity index (χ1) is 11.1. The molecule has 0 bridgehead atoms. The van der Waals surface area contributed by atoms with Crippen molar-refractivity contribution in [3.63, 3.8) is 0 Å². The highest BCUT2D eigenvalue weighted by Gasteiger charge is 2.25. The van der Waals surface area contributed by atoms with Crippen LogP contribution in [0.2, 0.25) is 0 Å². The van der Waals surface area contributed by atoms with E-state index in [-0.39, 0.29) is 11.9 Å². The molecular weight excluding hydrogens is 288 g/mol. The van der Waals surface area contributed by atoms with E-state index in [1.165, 1.54) is 23.3 Å². The van der Waals surface area contributed by atoms with Gasteiger partial charge in [0.25, 0.3) is 5.91 Å². The largest absolute Gasteiger partial charge is 0.490 e. The van der Waals surface area contributed by atoms with Crippen LogP contribution in [0.25, 0.3) is 0 Å². The molecule has 0 radical (unpaired) electrons. The van der Waals surface area contributed by atoms with E-state index in [0.717, 1.165) is 25.1 Å². The van der Waals surface area contributed by atoms with E-state index in [1.807, 2.05) is 19.1 Å². The Kier molecular flexibility index (Phi) is 6.66. The molecule has 126 valence electrons. The Labute approximate surface area is 139 Å². The van der Waals surface area contributed by atoms with Crippen LogP contribution in [0.1, 0.15) is 38.2 Å². The molecule has 2 rings (SSSR count). The van der Waals surface area contributed by atoms with Gasteiger partial charge in [-0.05, 0) is 44.0 Å². The third-order valence-corrected chi connectivity index (χ3v) is 4.61. The minimum absolute atomic E-state index is 0.0488. The number of amides is 1. The van der Waals surface area contributed by atoms with Gasteiger partial charge < -0.3 is 15.0 Å². The maximum Gasteiger partial charge on any atom is 0.278 e. The number of carbonyl (C=O) groups is 1. The number of hydrogen-bond donors (Lipinski definition) is 2. The van der Waals surface area contributed by atoms with Gasteiger partial charge in [-0.25, -0.2) is 0 Å². The number of rotatable bonds is 8. The van der Waals surface area contributed by atoms with Crippen molar-refractivity contribution in [3.05, 3.63) is 42.5 Å². The molecule has 1 fully saturated rings. The molecule has 4 nitrogen and oxygen atoms in total. The van der Waals surface area contributed by atoms with Gasteiger partial charge in [0, 0.05) is 11.6 Å². The Morgan fingerprint density at radius 3 is 2.65 bits per heavy atom. The number of benzene rings is 1. The van der Waals surface area contributed by atoms with Gasteiger partial charge in [0.05, 0.1) is 7.05 Å². The highest BCUT2D eigenvalue weighted by Crippen LogP contribution is 2.17. The zero-order valence-electron chi connectivity index (χ0n) is 14.3. The lowest BCUT2D eigenvalue weighted by Gasteiger charge is -2.23. The fraction of sp³-hybridized carbons (Fsp3) is 0.526. The fourth-order valence-corrected chi connectivity index (χ4v) is 2.95. The zero-order valence-corrected chi connectivity index (χ0v) is 14.3. The Morgan fingerprint density at radius 1 is 1.39 bits per heavy atom. The van der Waals surface area contributed by atoms with Gasteiger partial charge in [0.2, 0.25) is 0 Å². The monoisotopic (exact) mass is 317 g/mol. The van der Waals surface area contributed by atoms with Gasteiger partial charge >= 0.3 is 0 Å². The summed E-state index contributed by atoms with van der Waals surface area (Å²) in [6, 6.07) is 8.39. The van der Waals surface area contributed by atoms with Gasteiger partial charge in [0.1, 0.15) is 18.9 Å². The Morgan fingerprint density at radius 2 is 2.04 bits per heavy atom. The van der Waals surface area contributed by atoms with Gasteiger partial charge in [-0.2, -0.15) is 0 Å². The number of nitrogens with one attached hydrogen (secondary N) is 2. The van der Waals surface area contributed by atoms with Crippen LogP contribution in [-0.4, -0.2) is 31.6 Å². The van der Waals surface area contributed by atoms with Gasteiger partial charge in [-0.1, -0.05) is 25.5 Å². The number of ether oxygens (including phenoxy) is 1. The molecule has 0 aromatic heterocycles. The lowest BCUT2D eigenvalue weighted by molar-refractivity contribution is -0.908. The molecule has 1 aliphatic carbocycles. The van der Waals surface area contributed by atoms with Crippen LogP contribution < -0.4 is 15.0 Å². The van der Waals surface area contributed by atoms with Gasteiger partial charge in [0.15, 0.2) is 6.04 Å². The number of likely N-dealkylation sites (N-methyl/N-ethyl adjacent to an activating group) is 1. The van der Waals surface area contributed by atoms with Crippen LogP contribution in [0.15, 0.2) is 36.9 Å². The van der Waals surface area contributed by atoms with E-state index in [9.17, 15) is 4.79 Å². The predicted octanol–water partition coefficient (Wildman–Crippen LogP) is 1.71. The third kappa shape index (κ3) is 5.39. The topological polar surface area (TPSA) is 42.8 Å². The van der Waals surface area contributed by atoms with Crippen molar-refractivity contribution in [1.82, 2.24) is 5.32 Å². The second-order valence-electron chi connectivity index (χ2n) is 6.48. The number of carbonyl (C=O) groups excluding carboxylic acids is 1. The summed E-state index contributed by atoms with van der Waals surface area (Å²) >= 11 is 0. The van der Waals surface area contributed by atoms with E-state index in [0.29, 0.717) is 12.6 Å². The van der Waals surface area contributed by atoms with Crippen molar-refractivity contribution in [2.45, 2.75) is 51.2 Å². The SMILES string of the molecule is C=CCOc1ccc(C[NH+](C)[C@H](C)C(=O)NC2CCCC2)cc1. The first-order valence-electron chi connectivity index (χ1n) is 8.55. The Bertz CT molecular complexity index is 507. The number of hydrogen-bond acceptors (Lipinski definition) is 2. The normalized spacial score (nSPS) is 17.5. The van der Waals surface area contributed by atoms with Crippen LogP contribution in [0.3, 0.4) is 0 Å². The van der Waals surface area contributed by atoms with Crippen LogP contribution in [0.5, 0.6) is 5.75 Å².